The zero-order valence-electron chi connectivity index (χ0n) is 9.30. The van der Waals surface area contributed by atoms with Crippen molar-refractivity contribution < 1.29 is 24.9 Å². The van der Waals surface area contributed by atoms with Crippen molar-refractivity contribution in [2.45, 2.75) is 24.5 Å². The molecule has 1 amide bonds. The molecular weight excluding hydrogens is 248 g/mol. The number of hydrogen-bond acceptors (Lipinski definition) is 7. The molecule has 100 valence electrons. The number of amides is 1. The van der Waals surface area contributed by atoms with Crippen molar-refractivity contribution in [1.29, 1.82) is 0 Å². The van der Waals surface area contributed by atoms with Crippen molar-refractivity contribution in [3.8, 4) is 0 Å². The second kappa shape index (κ2) is 4.53. The highest BCUT2D eigenvalue weighted by atomic mass is 16.6. The molecular formula is C9H14N4O5. The van der Waals surface area contributed by atoms with E-state index in [2.05, 4.69) is 4.98 Å². The van der Waals surface area contributed by atoms with Gasteiger partial charge in [0.2, 0.25) is 0 Å². The van der Waals surface area contributed by atoms with Gasteiger partial charge in [-0.05, 0) is 0 Å². The van der Waals surface area contributed by atoms with Gasteiger partial charge in [0, 0.05) is 0 Å². The first-order valence-corrected chi connectivity index (χ1v) is 5.22. The van der Waals surface area contributed by atoms with E-state index in [0.29, 0.717) is 0 Å². The molecule has 9 heteroatoms. The Hall–Kier alpha value is -1.68. The standard InChI is InChI=1S/C9H14N4O5/c10-7-4(8(11)17)12-2-13(7)9-6(16)5(15)3(1-14)18-9/h2-3,5-6,9,14-16H,1,10H2,(H2,11,17)/t3-,5-,6-,9-/m1/s1/i10+1,11+1,12+1,13+1. The maximum absolute atomic E-state index is 11.0. The van der Waals surface area contributed by atoms with Gasteiger partial charge in [-0.15, -0.1) is 0 Å². The number of carbonyl (C=O) groups is 1. The lowest BCUT2D eigenvalue weighted by Crippen LogP contribution is -2.33. The van der Waals surface area contributed by atoms with Gasteiger partial charge in [0.1, 0.15) is 24.1 Å². The molecule has 0 aromatic carbocycles. The molecule has 0 radical (unpaired) electrons. The molecule has 0 saturated carbocycles. The molecule has 1 aliphatic rings. The lowest BCUT2D eigenvalue weighted by molar-refractivity contribution is -0.0518. The molecule has 1 saturated heterocycles. The van der Waals surface area contributed by atoms with E-state index in [1.807, 2.05) is 0 Å². The Labute approximate surface area is 102 Å². The SMILES string of the molecule is [15NH2]C(=O)c1[15n]c[15n]([C@@H]2O[C@H](CO)[C@@H](O)[C@H]2O)c1[15NH2]. The van der Waals surface area contributed by atoms with Gasteiger partial charge in [-0.25, -0.2) is 4.98 Å². The minimum atomic E-state index is -1.29. The van der Waals surface area contributed by atoms with E-state index < -0.39 is 37.1 Å². The highest BCUT2D eigenvalue weighted by Crippen LogP contribution is 2.31. The maximum atomic E-state index is 11.0. The summed E-state index contributed by atoms with van der Waals surface area (Å²) in [5, 5.41) is 28.3. The molecule has 0 aliphatic carbocycles. The highest BCUT2D eigenvalue weighted by molar-refractivity contribution is 5.95. The van der Waals surface area contributed by atoms with Crippen LogP contribution in [0.25, 0.3) is 0 Å². The summed E-state index contributed by atoms with van der Waals surface area (Å²) in [7, 11) is 0. The summed E-state index contributed by atoms with van der Waals surface area (Å²) in [6.45, 7) is -0.452. The first-order chi connectivity index (χ1) is 8.47. The van der Waals surface area contributed by atoms with Crippen molar-refractivity contribution in [2.75, 3.05) is 12.3 Å². The summed E-state index contributed by atoms with van der Waals surface area (Å²) in [5.41, 5.74) is 10.6. The maximum Gasteiger partial charge on any atom is 0.271 e. The summed E-state index contributed by atoms with van der Waals surface area (Å²) < 4.78 is 6.42. The van der Waals surface area contributed by atoms with Crippen LogP contribution in [0.5, 0.6) is 0 Å². The van der Waals surface area contributed by atoms with Crippen LogP contribution in [0, 0.1) is 0 Å². The number of ether oxygens (including phenoxy) is 1. The molecule has 7 N–H and O–H groups in total. The van der Waals surface area contributed by atoms with Crippen LogP contribution in [0.3, 0.4) is 0 Å². The summed E-state index contributed by atoms with van der Waals surface area (Å²) in [6.07, 6.45) is -3.32. The molecule has 4 atom stereocenters. The zero-order valence-corrected chi connectivity index (χ0v) is 9.30. The van der Waals surface area contributed by atoms with Gasteiger partial charge in [-0.3, -0.25) is 9.36 Å². The average molecular weight is 262 g/mol. The minimum absolute atomic E-state index is 0.0719. The lowest BCUT2D eigenvalue weighted by Gasteiger charge is -2.17. The summed E-state index contributed by atoms with van der Waals surface area (Å²) in [5.74, 6) is -0.879. The van der Waals surface area contributed by atoms with Crippen molar-refractivity contribution in [3.05, 3.63) is 12.0 Å². The number of aliphatic hydroxyl groups is 3. The quantitative estimate of drug-likeness (QED) is 0.367. The molecule has 1 aromatic rings. The molecule has 9 nitrogen and oxygen atoms in total. The number of rotatable bonds is 3. The summed E-state index contributed by atoms with van der Waals surface area (Å²) in [6, 6.07) is 0. The molecule has 0 unspecified atom stereocenters. The van der Waals surface area contributed by atoms with E-state index in [0.717, 1.165) is 0 Å². The molecule has 1 aromatic heterocycles. The van der Waals surface area contributed by atoms with Gasteiger partial charge in [-0.2, -0.15) is 0 Å². The Morgan fingerprint density at radius 3 is 2.61 bits per heavy atom. The number of nitrogen functional groups attached to an aromatic ring is 1. The third kappa shape index (κ3) is 1.82. The second-order valence-electron chi connectivity index (χ2n) is 3.98. The minimum Gasteiger partial charge on any atom is -0.394 e. The predicted octanol–water partition coefficient (Wildman–Crippen LogP) is -2.82. The number of anilines is 1. The second-order valence-corrected chi connectivity index (χ2v) is 3.98. The average Bonchev–Trinajstić information content (AvgIpc) is 2.82. The van der Waals surface area contributed by atoms with Crippen LogP contribution in [0.1, 0.15) is 16.7 Å². The topological polar surface area (TPSA) is 157 Å². The first kappa shape index (κ1) is 12.8. The molecule has 2 rings (SSSR count). The van der Waals surface area contributed by atoms with Gasteiger partial charge in [0.25, 0.3) is 5.91 Å². The van der Waals surface area contributed by atoms with Crippen LogP contribution >= 0.6 is 0 Å². The van der Waals surface area contributed by atoms with Crippen LogP contribution in [-0.4, -0.2) is 55.7 Å². The third-order valence-corrected chi connectivity index (χ3v) is 2.86. The molecule has 0 spiro atoms. The van der Waals surface area contributed by atoms with E-state index >= 15 is 0 Å². The van der Waals surface area contributed by atoms with Crippen LogP contribution in [0.4, 0.5) is 5.82 Å². The fourth-order valence-corrected chi connectivity index (χ4v) is 1.87. The van der Waals surface area contributed by atoms with Crippen molar-refractivity contribution in [3.63, 3.8) is 0 Å². The van der Waals surface area contributed by atoms with Crippen LogP contribution in [-0.2, 0) is 4.74 Å². The molecule has 1 aliphatic heterocycles. The van der Waals surface area contributed by atoms with Crippen molar-refractivity contribution in [2.24, 2.45) is 5.73 Å². The number of primary amides is 1. The van der Waals surface area contributed by atoms with Crippen molar-refractivity contribution in [1.82, 2.24) is 9.55 Å². The Morgan fingerprint density at radius 1 is 1.50 bits per heavy atom. The molecule has 2 heterocycles. The number of imidazole rings is 1. The van der Waals surface area contributed by atoms with Gasteiger partial charge in [0.15, 0.2) is 11.9 Å². The van der Waals surface area contributed by atoms with Crippen LogP contribution < -0.4 is 11.5 Å². The molecule has 0 bridgehead atoms. The Morgan fingerprint density at radius 2 is 2.17 bits per heavy atom. The summed E-state index contributed by atoms with van der Waals surface area (Å²) >= 11 is 0. The Kier molecular flexibility index (Phi) is 3.22. The normalized spacial score (nSPS) is 31.7. The first-order valence-electron chi connectivity index (χ1n) is 5.22. The van der Waals surface area contributed by atoms with Gasteiger partial charge >= 0.3 is 0 Å². The van der Waals surface area contributed by atoms with Gasteiger partial charge in [-0.1, -0.05) is 0 Å². The number of nitrogens with two attached hydrogens (primary N) is 2. The number of hydrogen-bond donors (Lipinski definition) is 5. The van der Waals surface area contributed by atoms with Crippen LogP contribution in [0.15, 0.2) is 6.33 Å². The fourth-order valence-electron chi connectivity index (χ4n) is 1.87. The van der Waals surface area contributed by atoms with Gasteiger partial charge in [0.05, 0.1) is 12.9 Å². The molecule has 1 fully saturated rings. The van der Waals surface area contributed by atoms with Crippen molar-refractivity contribution >= 4 is 11.7 Å². The van der Waals surface area contributed by atoms with E-state index in [1.165, 1.54) is 10.9 Å². The zero-order chi connectivity index (χ0) is 13.4. The smallest absolute Gasteiger partial charge is 0.271 e. The lowest BCUT2D eigenvalue weighted by atomic mass is 10.1. The third-order valence-electron chi connectivity index (χ3n) is 2.86. The van der Waals surface area contributed by atoms with E-state index in [1.54, 1.807) is 0 Å². The molecule has 18 heavy (non-hydrogen) atoms. The summed E-state index contributed by atoms with van der Waals surface area (Å²) in [4.78, 5) is 14.7. The Bertz CT molecular complexity index is 462. The monoisotopic (exact) mass is 262 g/mol. The Balaban J connectivity index is 2.30. The highest BCUT2D eigenvalue weighted by Gasteiger charge is 2.44. The van der Waals surface area contributed by atoms with Crippen LogP contribution in [0.2, 0.25) is 0 Å². The predicted molar refractivity (Wildman–Crippen MR) is 58.2 cm³/mol. The van der Waals surface area contributed by atoms with E-state index in [4.69, 9.17) is 21.3 Å². The number of nitrogens with zero attached hydrogens (tertiary/aromatic N) is 2. The van der Waals surface area contributed by atoms with E-state index in [9.17, 15) is 15.0 Å². The number of aromatic nitrogens is 2. The largest absolute Gasteiger partial charge is 0.394 e. The number of aliphatic hydroxyl groups excluding tert-OH is 3. The van der Waals surface area contributed by atoms with E-state index in [-0.39, 0.29) is 11.5 Å². The fraction of sp³-hybridized carbons (Fsp3) is 0.556. The number of carbonyl (C=O) groups excluding carboxylic acids is 1. The van der Waals surface area contributed by atoms with Gasteiger partial charge < -0.3 is 31.5 Å².